The molecule has 1 heterocycles. The summed E-state index contributed by atoms with van der Waals surface area (Å²) in [5.74, 6) is -0.322. The van der Waals surface area contributed by atoms with E-state index in [2.05, 4.69) is 15.9 Å². The number of hydrogen-bond acceptors (Lipinski definition) is 2. The number of rotatable bonds is 3. The van der Waals surface area contributed by atoms with Crippen LogP contribution in [0.25, 0.3) is 0 Å². The van der Waals surface area contributed by atoms with E-state index in [4.69, 9.17) is 5.73 Å². The van der Waals surface area contributed by atoms with Crippen molar-refractivity contribution in [2.45, 2.75) is 24.7 Å². The first-order valence-corrected chi connectivity index (χ1v) is 7.67. The van der Waals surface area contributed by atoms with E-state index in [1.807, 2.05) is 29.2 Å². The van der Waals surface area contributed by atoms with Crippen molar-refractivity contribution in [1.29, 1.82) is 0 Å². The molecule has 5 heteroatoms. The number of halogens is 1. The molecule has 2 fully saturated rings. The van der Waals surface area contributed by atoms with Gasteiger partial charge in [-0.05, 0) is 37.0 Å². The third-order valence-electron chi connectivity index (χ3n) is 4.43. The summed E-state index contributed by atoms with van der Waals surface area (Å²) in [7, 11) is 0. The summed E-state index contributed by atoms with van der Waals surface area (Å²) in [4.78, 5) is 25.8. The van der Waals surface area contributed by atoms with Crippen LogP contribution in [0.4, 0.5) is 0 Å². The first kappa shape index (κ1) is 13.6. The van der Waals surface area contributed by atoms with Crippen LogP contribution in [0.15, 0.2) is 28.7 Å². The van der Waals surface area contributed by atoms with Gasteiger partial charge in [0.25, 0.3) is 0 Å². The summed E-state index contributed by atoms with van der Waals surface area (Å²) in [5, 5.41) is 0. The van der Waals surface area contributed by atoms with E-state index in [9.17, 15) is 9.59 Å². The van der Waals surface area contributed by atoms with Crippen molar-refractivity contribution in [2.24, 2.45) is 11.7 Å². The van der Waals surface area contributed by atoms with Crippen LogP contribution in [0.1, 0.15) is 24.8 Å². The minimum Gasteiger partial charge on any atom is -0.369 e. The maximum Gasteiger partial charge on any atom is 0.233 e. The zero-order chi connectivity index (χ0) is 14.3. The first-order chi connectivity index (χ1) is 9.53. The fourth-order valence-corrected chi connectivity index (χ4v) is 3.26. The molecule has 2 aliphatic rings. The predicted octanol–water partition coefficient (Wildman–Crippen LogP) is 1.81. The third-order valence-corrected chi connectivity index (χ3v) is 4.96. The number of primary amides is 1. The second-order valence-electron chi connectivity index (χ2n) is 5.73. The number of carbonyl (C=O) groups excluding carboxylic acids is 2. The molecule has 0 bridgehead atoms. The number of hydrogen-bond donors (Lipinski definition) is 1. The minimum atomic E-state index is -0.354. The molecule has 1 aliphatic heterocycles. The molecule has 2 amide bonds. The number of carbonyl (C=O) groups is 2. The van der Waals surface area contributed by atoms with E-state index in [1.54, 1.807) is 0 Å². The van der Waals surface area contributed by atoms with Gasteiger partial charge in [0.15, 0.2) is 0 Å². The fraction of sp³-hybridized carbons (Fsp3) is 0.467. The lowest BCUT2D eigenvalue weighted by atomic mass is 9.94. The highest BCUT2D eigenvalue weighted by Crippen LogP contribution is 2.50. The largest absolute Gasteiger partial charge is 0.369 e. The van der Waals surface area contributed by atoms with E-state index in [1.165, 1.54) is 0 Å². The van der Waals surface area contributed by atoms with Crippen molar-refractivity contribution in [3.63, 3.8) is 0 Å². The Balaban J connectivity index is 1.77. The summed E-state index contributed by atoms with van der Waals surface area (Å²) in [6.07, 6.45) is 2.48. The smallest absolute Gasteiger partial charge is 0.233 e. The maximum absolute atomic E-state index is 12.7. The second kappa shape index (κ2) is 4.88. The van der Waals surface area contributed by atoms with Crippen LogP contribution in [0.2, 0.25) is 0 Å². The molecular weight excluding hydrogens is 320 g/mol. The van der Waals surface area contributed by atoms with Gasteiger partial charge in [0.1, 0.15) is 0 Å². The molecule has 1 aromatic rings. The van der Waals surface area contributed by atoms with E-state index < -0.39 is 0 Å². The molecule has 1 aromatic carbocycles. The van der Waals surface area contributed by atoms with Crippen molar-refractivity contribution in [2.75, 3.05) is 13.1 Å². The van der Waals surface area contributed by atoms with Crippen molar-refractivity contribution in [3.05, 3.63) is 34.3 Å². The molecule has 106 valence electrons. The van der Waals surface area contributed by atoms with Gasteiger partial charge in [-0.3, -0.25) is 9.59 Å². The lowest BCUT2D eigenvalue weighted by molar-refractivity contribution is -0.133. The standard InChI is InChI=1S/C15H17BrN2O2/c16-12-3-1-11(2-4-12)15(6-7-15)14(20)18-8-5-10(9-18)13(17)19/h1-4,10H,5-9H2,(H2,17,19)/t10-/m0/s1. The summed E-state index contributed by atoms with van der Waals surface area (Å²) < 4.78 is 1.01. The number of amides is 2. The Morgan fingerprint density at radius 1 is 1.25 bits per heavy atom. The maximum atomic E-state index is 12.7. The first-order valence-electron chi connectivity index (χ1n) is 6.88. The Morgan fingerprint density at radius 3 is 2.40 bits per heavy atom. The van der Waals surface area contributed by atoms with Crippen molar-refractivity contribution in [1.82, 2.24) is 4.90 Å². The lowest BCUT2D eigenvalue weighted by Gasteiger charge is -2.23. The monoisotopic (exact) mass is 336 g/mol. The Kier molecular flexibility index (Phi) is 3.32. The van der Waals surface area contributed by atoms with E-state index in [0.717, 1.165) is 22.9 Å². The Morgan fingerprint density at radius 2 is 1.90 bits per heavy atom. The molecule has 20 heavy (non-hydrogen) atoms. The van der Waals surface area contributed by atoms with Gasteiger partial charge in [0, 0.05) is 17.6 Å². The molecule has 3 rings (SSSR count). The summed E-state index contributed by atoms with van der Waals surface area (Å²) in [5.41, 5.74) is 6.05. The zero-order valence-electron chi connectivity index (χ0n) is 11.1. The highest BCUT2D eigenvalue weighted by Gasteiger charge is 2.53. The average Bonchev–Trinajstić information content (AvgIpc) is 3.08. The van der Waals surface area contributed by atoms with Crippen molar-refractivity contribution >= 4 is 27.7 Å². The molecule has 0 spiro atoms. The Hall–Kier alpha value is -1.36. The fourth-order valence-electron chi connectivity index (χ4n) is 3.00. The van der Waals surface area contributed by atoms with Gasteiger partial charge in [-0.1, -0.05) is 28.1 Å². The third kappa shape index (κ3) is 2.24. The molecule has 0 radical (unpaired) electrons. The van der Waals surface area contributed by atoms with Crippen LogP contribution in [-0.4, -0.2) is 29.8 Å². The van der Waals surface area contributed by atoms with Crippen LogP contribution in [0, 0.1) is 5.92 Å². The van der Waals surface area contributed by atoms with Crippen LogP contribution < -0.4 is 5.73 Å². The molecule has 1 saturated heterocycles. The molecule has 0 unspecified atom stereocenters. The molecular formula is C15H17BrN2O2. The summed E-state index contributed by atoms with van der Waals surface area (Å²) in [6, 6.07) is 7.96. The van der Waals surface area contributed by atoms with Crippen molar-refractivity contribution in [3.8, 4) is 0 Å². The van der Waals surface area contributed by atoms with Crippen LogP contribution in [-0.2, 0) is 15.0 Å². The number of nitrogens with zero attached hydrogens (tertiary/aromatic N) is 1. The average molecular weight is 337 g/mol. The number of nitrogens with two attached hydrogens (primary N) is 1. The molecule has 2 N–H and O–H groups in total. The van der Waals surface area contributed by atoms with Gasteiger partial charge in [0.05, 0.1) is 11.3 Å². The van der Waals surface area contributed by atoms with Crippen LogP contribution >= 0.6 is 15.9 Å². The predicted molar refractivity (Wildman–Crippen MR) is 78.9 cm³/mol. The topological polar surface area (TPSA) is 63.4 Å². The lowest BCUT2D eigenvalue weighted by Crippen LogP contribution is -2.38. The number of likely N-dealkylation sites (tertiary alicyclic amines) is 1. The Labute approximate surface area is 126 Å². The van der Waals surface area contributed by atoms with Crippen LogP contribution in [0.3, 0.4) is 0 Å². The molecule has 4 nitrogen and oxygen atoms in total. The highest BCUT2D eigenvalue weighted by atomic mass is 79.9. The molecule has 0 aromatic heterocycles. The number of benzene rings is 1. The van der Waals surface area contributed by atoms with Gasteiger partial charge in [-0.25, -0.2) is 0 Å². The van der Waals surface area contributed by atoms with Crippen molar-refractivity contribution < 1.29 is 9.59 Å². The molecule has 1 saturated carbocycles. The van der Waals surface area contributed by atoms with Gasteiger partial charge in [-0.15, -0.1) is 0 Å². The zero-order valence-corrected chi connectivity index (χ0v) is 12.7. The summed E-state index contributed by atoms with van der Waals surface area (Å²) in [6.45, 7) is 1.12. The second-order valence-corrected chi connectivity index (χ2v) is 6.64. The summed E-state index contributed by atoms with van der Waals surface area (Å²) >= 11 is 3.41. The van der Waals surface area contributed by atoms with Gasteiger partial charge in [0.2, 0.25) is 11.8 Å². The molecule has 1 aliphatic carbocycles. The van der Waals surface area contributed by atoms with Gasteiger partial charge >= 0.3 is 0 Å². The van der Waals surface area contributed by atoms with Crippen LogP contribution in [0.5, 0.6) is 0 Å². The normalized spacial score (nSPS) is 23.6. The Bertz CT molecular complexity index is 551. The van der Waals surface area contributed by atoms with Gasteiger partial charge in [-0.2, -0.15) is 0 Å². The van der Waals surface area contributed by atoms with E-state index >= 15 is 0 Å². The SMILES string of the molecule is NC(=O)[C@H]1CCN(C(=O)C2(c3ccc(Br)cc3)CC2)C1. The van der Waals surface area contributed by atoms with E-state index in [0.29, 0.717) is 19.5 Å². The quantitative estimate of drug-likeness (QED) is 0.914. The molecule has 1 atom stereocenters. The van der Waals surface area contributed by atoms with E-state index in [-0.39, 0.29) is 23.1 Å². The van der Waals surface area contributed by atoms with Gasteiger partial charge < -0.3 is 10.6 Å². The minimum absolute atomic E-state index is 0.156. The highest BCUT2D eigenvalue weighted by molar-refractivity contribution is 9.10.